The summed E-state index contributed by atoms with van der Waals surface area (Å²) in [5, 5.41) is 3.00. The van der Waals surface area contributed by atoms with Gasteiger partial charge in [-0.1, -0.05) is 30.3 Å². The first-order valence-corrected chi connectivity index (χ1v) is 11.1. The number of nitrogens with one attached hydrogen (secondary N) is 1. The number of hydrogen-bond donors (Lipinski definition) is 1. The molecule has 5 rings (SSSR count). The molecule has 0 saturated heterocycles. The molecule has 0 radical (unpaired) electrons. The molecule has 2 aromatic carbocycles. The van der Waals surface area contributed by atoms with Gasteiger partial charge in [-0.15, -0.1) is 0 Å². The van der Waals surface area contributed by atoms with Crippen LogP contribution in [0.4, 0.5) is 0 Å². The Morgan fingerprint density at radius 1 is 0.938 bits per heavy atom. The zero-order chi connectivity index (χ0) is 21.9. The van der Waals surface area contributed by atoms with Crippen molar-refractivity contribution in [3.63, 3.8) is 0 Å². The van der Waals surface area contributed by atoms with Crippen molar-refractivity contribution in [2.24, 2.45) is 0 Å². The average Bonchev–Trinajstić information content (AvgIpc) is 3.76. The molecular formula is C26H26N2O4. The summed E-state index contributed by atoms with van der Waals surface area (Å²) in [4.78, 5) is 27.2. The van der Waals surface area contributed by atoms with Crippen molar-refractivity contribution in [3.05, 3.63) is 89.4 Å². The Balaban J connectivity index is 1.22. The fraction of sp³-hybridized carbons (Fsp3) is 0.308. The van der Waals surface area contributed by atoms with E-state index in [-0.39, 0.29) is 24.5 Å². The third-order valence-electron chi connectivity index (χ3n) is 5.73. The molecule has 32 heavy (non-hydrogen) atoms. The quantitative estimate of drug-likeness (QED) is 0.540. The minimum atomic E-state index is -0.117. The van der Waals surface area contributed by atoms with Gasteiger partial charge < -0.3 is 19.4 Å². The van der Waals surface area contributed by atoms with Gasteiger partial charge in [-0.2, -0.15) is 0 Å². The number of carbonyl (C=O) groups is 2. The Bertz CT molecular complexity index is 1080. The predicted molar refractivity (Wildman–Crippen MR) is 119 cm³/mol. The molecule has 0 unspecified atom stereocenters. The lowest BCUT2D eigenvalue weighted by Crippen LogP contribution is -2.32. The van der Waals surface area contributed by atoms with E-state index in [0.717, 1.165) is 37.0 Å². The van der Waals surface area contributed by atoms with Gasteiger partial charge in [0.25, 0.3) is 11.8 Å². The highest BCUT2D eigenvalue weighted by Crippen LogP contribution is 2.30. The van der Waals surface area contributed by atoms with Gasteiger partial charge in [0.05, 0.1) is 0 Å². The van der Waals surface area contributed by atoms with Gasteiger partial charge in [-0.3, -0.25) is 9.59 Å². The van der Waals surface area contributed by atoms with Crippen molar-refractivity contribution in [3.8, 4) is 5.75 Å². The van der Waals surface area contributed by atoms with Crippen LogP contribution in [0, 0.1) is 0 Å². The summed E-state index contributed by atoms with van der Waals surface area (Å²) in [5.41, 5.74) is 1.64. The van der Waals surface area contributed by atoms with E-state index < -0.39 is 0 Å². The van der Waals surface area contributed by atoms with Crippen LogP contribution in [-0.2, 0) is 13.2 Å². The number of hydrogen-bond acceptors (Lipinski definition) is 4. The first kappa shape index (κ1) is 20.4. The molecule has 2 saturated carbocycles. The summed E-state index contributed by atoms with van der Waals surface area (Å²) in [5.74, 6) is 1.54. The summed E-state index contributed by atoms with van der Waals surface area (Å²) >= 11 is 0. The molecule has 1 N–H and O–H groups in total. The van der Waals surface area contributed by atoms with Crippen LogP contribution in [0.1, 0.15) is 57.9 Å². The highest BCUT2D eigenvalue weighted by molar-refractivity contribution is 5.94. The largest absolute Gasteiger partial charge is 0.486 e. The van der Waals surface area contributed by atoms with Gasteiger partial charge in [0.2, 0.25) is 0 Å². The number of benzene rings is 2. The minimum Gasteiger partial charge on any atom is -0.486 e. The first-order chi connectivity index (χ1) is 15.7. The van der Waals surface area contributed by atoms with E-state index >= 15 is 0 Å². The number of para-hydroxylation sites is 1. The van der Waals surface area contributed by atoms with Crippen LogP contribution in [-0.4, -0.2) is 28.8 Å². The van der Waals surface area contributed by atoms with Gasteiger partial charge in [0.1, 0.15) is 18.1 Å². The maximum absolute atomic E-state index is 13.1. The van der Waals surface area contributed by atoms with Crippen LogP contribution in [0.15, 0.2) is 71.1 Å². The molecule has 6 nitrogen and oxygen atoms in total. The second-order valence-electron chi connectivity index (χ2n) is 8.48. The molecule has 3 aromatic rings. The van der Waals surface area contributed by atoms with E-state index in [4.69, 9.17) is 9.15 Å². The van der Waals surface area contributed by atoms with Crippen molar-refractivity contribution in [1.29, 1.82) is 0 Å². The number of nitrogens with zero attached hydrogens (tertiary/aromatic N) is 1. The van der Waals surface area contributed by atoms with Gasteiger partial charge >= 0.3 is 0 Å². The predicted octanol–water partition coefficient (Wildman–Crippen LogP) is 4.56. The van der Waals surface area contributed by atoms with Crippen LogP contribution >= 0.6 is 0 Å². The molecule has 2 aliphatic carbocycles. The summed E-state index contributed by atoms with van der Waals surface area (Å²) < 4.78 is 11.5. The molecule has 164 valence electrons. The topological polar surface area (TPSA) is 71.8 Å². The van der Waals surface area contributed by atoms with Crippen molar-refractivity contribution in [1.82, 2.24) is 10.2 Å². The maximum atomic E-state index is 13.1. The Morgan fingerprint density at radius 2 is 1.69 bits per heavy atom. The van der Waals surface area contributed by atoms with Gasteiger partial charge in [0.15, 0.2) is 5.76 Å². The minimum absolute atomic E-state index is 0.0324. The van der Waals surface area contributed by atoms with E-state index in [1.165, 1.54) is 0 Å². The maximum Gasteiger partial charge on any atom is 0.290 e. The van der Waals surface area contributed by atoms with Crippen LogP contribution < -0.4 is 10.1 Å². The number of amides is 2. The third-order valence-corrected chi connectivity index (χ3v) is 5.73. The van der Waals surface area contributed by atoms with Crippen LogP contribution in [0.5, 0.6) is 5.75 Å². The monoisotopic (exact) mass is 430 g/mol. The van der Waals surface area contributed by atoms with Crippen molar-refractivity contribution in [2.45, 2.75) is 50.9 Å². The van der Waals surface area contributed by atoms with Crippen LogP contribution in [0.3, 0.4) is 0 Å². The van der Waals surface area contributed by atoms with Gasteiger partial charge in [0, 0.05) is 24.2 Å². The van der Waals surface area contributed by atoms with Crippen LogP contribution in [0.2, 0.25) is 0 Å². The smallest absolute Gasteiger partial charge is 0.290 e. The second-order valence-corrected chi connectivity index (χ2v) is 8.48. The lowest BCUT2D eigenvalue weighted by molar-refractivity contribution is 0.0693. The summed E-state index contributed by atoms with van der Waals surface area (Å²) in [6, 6.07) is 21.1. The van der Waals surface area contributed by atoms with Crippen molar-refractivity contribution < 1.29 is 18.7 Å². The SMILES string of the molecule is O=C(NC1CC1)c1ccc(CN(C(=O)c2ccc(COc3ccccc3)o2)C2CC2)cc1. The third kappa shape index (κ3) is 5.02. The molecule has 1 aromatic heterocycles. The molecule has 0 aliphatic heterocycles. The molecule has 2 amide bonds. The molecule has 1 heterocycles. The number of furan rings is 1. The fourth-order valence-corrected chi connectivity index (χ4v) is 3.59. The Kier molecular flexibility index (Phi) is 5.67. The molecule has 0 bridgehead atoms. The average molecular weight is 431 g/mol. The zero-order valence-corrected chi connectivity index (χ0v) is 17.8. The first-order valence-electron chi connectivity index (χ1n) is 11.1. The molecule has 2 fully saturated rings. The lowest BCUT2D eigenvalue weighted by Gasteiger charge is -2.21. The number of rotatable bonds is 9. The standard InChI is InChI=1S/C26H26N2O4/c29-25(27-20-10-11-20)19-8-6-18(7-9-19)16-28(21-12-13-21)26(30)24-15-14-23(32-24)17-31-22-4-2-1-3-5-22/h1-9,14-15,20-21H,10-13,16-17H2,(H,27,29). The Labute approximate surface area is 187 Å². The Morgan fingerprint density at radius 3 is 2.38 bits per heavy atom. The van der Waals surface area contributed by atoms with E-state index in [1.807, 2.05) is 59.5 Å². The molecule has 0 spiro atoms. The van der Waals surface area contributed by atoms with Gasteiger partial charge in [-0.25, -0.2) is 0 Å². The van der Waals surface area contributed by atoms with Crippen molar-refractivity contribution in [2.75, 3.05) is 0 Å². The van der Waals surface area contributed by atoms with E-state index in [0.29, 0.717) is 29.7 Å². The summed E-state index contributed by atoms with van der Waals surface area (Å²) in [6.45, 7) is 0.760. The van der Waals surface area contributed by atoms with Crippen molar-refractivity contribution >= 4 is 11.8 Å². The summed E-state index contributed by atoms with van der Waals surface area (Å²) in [7, 11) is 0. The van der Waals surface area contributed by atoms with E-state index in [1.54, 1.807) is 12.1 Å². The molecule has 6 heteroatoms. The Hall–Kier alpha value is -3.54. The molecule has 2 aliphatic rings. The highest BCUT2D eigenvalue weighted by Gasteiger charge is 2.34. The van der Waals surface area contributed by atoms with E-state index in [2.05, 4.69) is 5.32 Å². The fourth-order valence-electron chi connectivity index (χ4n) is 3.59. The molecular weight excluding hydrogens is 404 g/mol. The number of carbonyl (C=O) groups excluding carboxylic acids is 2. The van der Waals surface area contributed by atoms with E-state index in [9.17, 15) is 9.59 Å². The van der Waals surface area contributed by atoms with Crippen LogP contribution in [0.25, 0.3) is 0 Å². The summed E-state index contributed by atoms with van der Waals surface area (Å²) in [6.07, 6.45) is 4.13. The lowest BCUT2D eigenvalue weighted by atomic mass is 10.1. The molecule has 0 atom stereocenters. The number of ether oxygens (including phenoxy) is 1. The highest BCUT2D eigenvalue weighted by atomic mass is 16.5. The van der Waals surface area contributed by atoms with Gasteiger partial charge in [-0.05, 0) is 67.6 Å². The normalized spacial score (nSPS) is 15.2. The zero-order valence-electron chi connectivity index (χ0n) is 17.8. The second kappa shape index (κ2) is 8.91.